The molecule has 1 aromatic heterocycles. The van der Waals surface area contributed by atoms with Crippen molar-refractivity contribution in [3.63, 3.8) is 0 Å². The molecule has 1 N–H and O–H groups in total. The van der Waals surface area contributed by atoms with Crippen LogP contribution in [0.2, 0.25) is 0 Å². The van der Waals surface area contributed by atoms with Crippen LogP contribution in [-0.2, 0) is 0 Å². The molecular formula is C15H22N2O. The van der Waals surface area contributed by atoms with Crippen LogP contribution in [0.15, 0.2) is 30.6 Å². The molecule has 0 saturated heterocycles. The Morgan fingerprint density at radius 2 is 2.17 bits per heavy atom. The largest absolute Gasteiger partial charge is 0.492 e. The van der Waals surface area contributed by atoms with Crippen LogP contribution in [0.3, 0.4) is 0 Å². The van der Waals surface area contributed by atoms with Crippen LogP contribution < -0.4 is 10.1 Å². The lowest BCUT2D eigenvalue weighted by atomic mass is 9.85. The molecule has 0 aliphatic heterocycles. The maximum atomic E-state index is 5.87. The zero-order valence-corrected chi connectivity index (χ0v) is 11.2. The predicted molar refractivity (Wildman–Crippen MR) is 74.9 cm³/mol. The minimum absolute atomic E-state index is 0.623. The zero-order chi connectivity index (χ0) is 12.8. The Morgan fingerprint density at radius 1 is 1.33 bits per heavy atom. The third-order valence-corrected chi connectivity index (χ3v) is 3.48. The Balaban J connectivity index is 1.89. The Hall–Kier alpha value is -1.51. The van der Waals surface area contributed by atoms with Gasteiger partial charge < -0.3 is 10.1 Å². The highest BCUT2D eigenvalue weighted by atomic mass is 16.5. The van der Waals surface area contributed by atoms with E-state index in [-0.39, 0.29) is 0 Å². The third-order valence-electron chi connectivity index (χ3n) is 3.48. The smallest absolute Gasteiger partial charge is 0.139 e. The van der Waals surface area contributed by atoms with Gasteiger partial charge in [0.2, 0.25) is 0 Å². The minimum Gasteiger partial charge on any atom is -0.492 e. The van der Waals surface area contributed by atoms with Crippen molar-refractivity contribution in [1.82, 2.24) is 4.98 Å². The highest BCUT2D eigenvalue weighted by Gasteiger charge is 2.18. The van der Waals surface area contributed by atoms with E-state index in [1.165, 1.54) is 6.42 Å². The number of aromatic nitrogens is 1. The van der Waals surface area contributed by atoms with Crippen molar-refractivity contribution in [2.24, 2.45) is 11.8 Å². The molecular weight excluding hydrogens is 224 g/mol. The van der Waals surface area contributed by atoms with E-state index in [1.54, 1.807) is 6.20 Å². The van der Waals surface area contributed by atoms with Crippen LogP contribution in [0.4, 0.5) is 5.69 Å². The van der Waals surface area contributed by atoms with E-state index in [1.807, 2.05) is 12.3 Å². The summed E-state index contributed by atoms with van der Waals surface area (Å²) in [5, 5.41) is 3.24. The predicted octanol–water partition coefficient (Wildman–Crippen LogP) is 3.49. The van der Waals surface area contributed by atoms with Gasteiger partial charge in [-0.15, -0.1) is 0 Å². The maximum Gasteiger partial charge on any atom is 0.139 e. The molecule has 98 valence electrons. The normalized spacial score (nSPS) is 22.8. The molecule has 1 heterocycles. The molecule has 3 nitrogen and oxygen atoms in total. The summed E-state index contributed by atoms with van der Waals surface area (Å²) in [6.45, 7) is 6.05. The van der Waals surface area contributed by atoms with Gasteiger partial charge in [-0.25, -0.2) is 0 Å². The SMILES string of the molecule is CCNc1cncc(OCC2CC=CCC2C)c1. The number of ether oxygens (including phenoxy) is 1. The number of rotatable bonds is 5. The van der Waals surface area contributed by atoms with Crippen molar-refractivity contribution >= 4 is 5.69 Å². The summed E-state index contributed by atoms with van der Waals surface area (Å²) in [5.41, 5.74) is 1.02. The first kappa shape index (κ1) is 12.9. The molecule has 0 aromatic carbocycles. The van der Waals surface area contributed by atoms with Crippen molar-refractivity contribution in [2.75, 3.05) is 18.5 Å². The first-order valence-corrected chi connectivity index (χ1v) is 6.76. The van der Waals surface area contributed by atoms with Crippen molar-refractivity contribution in [3.8, 4) is 5.75 Å². The van der Waals surface area contributed by atoms with Crippen molar-refractivity contribution in [1.29, 1.82) is 0 Å². The van der Waals surface area contributed by atoms with E-state index in [9.17, 15) is 0 Å². The van der Waals surface area contributed by atoms with Gasteiger partial charge >= 0.3 is 0 Å². The third kappa shape index (κ3) is 3.49. The lowest BCUT2D eigenvalue weighted by Crippen LogP contribution is -2.21. The number of pyridine rings is 1. The van der Waals surface area contributed by atoms with Crippen LogP contribution in [0.5, 0.6) is 5.75 Å². The van der Waals surface area contributed by atoms with Crippen molar-refractivity contribution < 1.29 is 4.74 Å². The second-order valence-corrected chi connectivity index (χ2v) is 4.93. The van der Waals surface area contributed by atoms with E-state index in [0.717, 1.165) is 31.0 Å². The van der Waals surface area contributed by atoms with Gasteiger partial charge in [-0.1, -0.05) is 19.1 Å². The van der Waals surface area contributed by atoms with Gasteiger partial charge in [0, 0.05) is 12.6 Å². The molecule has 1 aliphatic carbocycles. The van der Waals surface area contributed by atoms with Gasteiger partial charge in [0.25, 0.3) is 0 Å². The molecule has 2 rings (SSSR count). The maximum absolute atomic E-state index is 5.87. The Morgan fingerprint density at radius 3 is 2.94 bits per heavy atom. The molecule has 0 amide bonds. The van der Waals surface area contributed by atoms with Crippen molar-refractivity contribution in [3.05, 3.63) is 30.6 Å². The second kappa shape index (κ2) is 6.43. The average molecular weight is 246 g/mol. The fraction of sp³-hybridized carbons (Fsp3) is 0.533. The number of anilines is 1. The highest BCUT2D eigenvalue weighted by molar-refractivity contribution is 5.44. The van der Waals surface area contributed by atoms with Gasteiger partial charge in [0.05, 0.1) is 24.7 Å². The van der Waals surface area contributed by atoms with Gasteiger partial charge in [0.1, 0.15) is 5.75 Å². The van der Waals surface area contributed by atoms with E-state index >= 15 is 0 Å². The lowest BCUT2D eigenvalue weighted by Gasteiger charge is -2.25. The van der Waals surface area contributed by atoms with E-state index in [4.69, 9.17) is 4.74 Å². The highest BCUT2D eigenvalue weighted by Crippen LogP contribution is 2.26. The lowest BCUT2D eigenvalue weighted by molar-refractivity contribution is 0.198. The summed E-state index contributed by atoms with van der Waals surface area (Å²) in [6.07, 6.45) is 10.4. The molecule has 0 radical (unpaired) electrons. The van der Waals surface area contributed by atoms with E-state index in [2.05, 4.69) is 36.3 Å². The Bertz CT molecular complexity index is 403. The summed E-state index contributed by atoms with van der Waals surface area (Å²) in [4.78, 5) is 4.18. The number of allylic oxidation sites excluding steroid dienone is 2. The average Bonchev–Trinajstić information content (AvgIpc) is 2.39. The van der Waals surface area contributed by atoms with Crippen LogP contribution in [0, 0.1) is 11.8 Å². The Kier molecular flexibility index (Phi) is 4.62. The molecule has 0 fully saturated rings. The number of hydrogen-bond donors (Lipinski definition) is 1. The van der Waals surface area contributed by atoms with Crippen molar-refractivity contribution in [2.45, 2.75) is 26.7 Å². The summed E-state index contributed by atoms with van der Waals surface area (Å²) in [6, 6.07) is 2.01. The summed E-state index contributed by atoms with van der Waals surface area (Å²) >= 11 is 0. The quantitative estimate of drug-likeness (QED) is 0.807. The fourth-order valence-electron chi connectivity index (χ4n) is 2.24. The van der Waals surface area contributed by atoms with Crippen LogP contribution in [-0.4, -0.2) is 18.1 Å². The Labute approximate surface area is 109 Å². The summed E-state index contributed by atoms with van der Waals surface area (Å²) < 4.78 is 5.87. The second-order valence-electron chi connectivity index (χ2n) is 4.93. The van der Waals surface area contributed by atoms with Gasteiger partial charge in [-0.3, -0.25) is 4.98 Å². The van der Waals surface area contributed by atoms with Gasteiger partial charge in [0.15, 0.2) is 0 Å². The molecule has 2 atom stereocenters. The molecule has 18 heavy (non-hydrogen) atoms. The molecule has 3 heteroatoms. The standard InChI is InChI=1S/C15H22N2O/c1-3-17-14-8-15(10-16-9-14)18-11-13-7-5-4-6-12(13)2/h4-5,8-10,12-13,17H,3,6-7,11H2,1-2H3. The molecule has 0 spiro atoms. The van der Waals surface area contributed by atoms with E-state index < -0.39 is 0 Å². The number of hydrogen-bond acceptors (Lipinski definition) is 3. The van der Waals surface area contributed by atoms with Crippen LogP contribution in [0.25, 0.3) is 0 Å². The summed E-state index contributed by atoms with van der Waals surface area (Å²) in [7, 11) is 0. The van der Waals surface area contributed by atoms with Crippen LogP contribution >= 0.6 is 0 Å². The monoisotopic (exact) mass is 246 g/mol. The van der Waals surface area contributed by atoms with Crippen LogP contribution in [0.1, 0.15) is 26.7 Å². The van der Waals surface area contributed by atoms with Gasteiger partial charge in [-0.2, -0.15) is 0 Å². The molecule has 1 aliphatic rings. The molecule has 0 bridgehead atoms. The fourth-order valence-corrected chi connectivity index (χ4v) is 2.24. The number of nitrogens with one attached hydrogen (secondary N) is 1. The molecule has 2 unspecified atom stereocenters. The zero-order valence-electron chi connectivity index (χ0n) is 11.2. The number of nitrogens with zero attached hydrogens (tertiary/aromatic N) is 1. The van der Waals surface area contributed by atoms with E-state index in [0.29, 0.717) is 11.8 Å². The molecule has 1 aromatic rings. The molecule has 0 saturated carbocycles. The first-order valence-electron chi connectivity index (χ1n) is 6.76. The summed E-state index contributed by atoms with van der Waals surface area (Å²) in [5.74, 6) is 2.19. The minimum atomic E-state index is 0.623. The topological polar surface area (TPSA) is 34.2 Å². The van der Waals surface area contributed by atoms with Gasteiger partial charge in [-0.05, 0) is 31.6 Å². The first-order chi connectivity index (χ1) is 8.79.